The lowest BCUT2D eigenvalue weighted by atomic mass is 9.93. The standard InChI is InChI=1S/C28H32N6O5/c1-28(2,3)24-14-25(33-39-24)32-27(35)31-17-7-6-8-18(11-17)38-26-20-12-23(37-19-9-10-34(4)15-19)22(36-5)13-21(20)29-16-30-26/h6-8,11-14,16,19H,9-10,15H2,1-5H3,(H2,31,32,33,35)/t19-/m0/s1. The minimum atomic E-state index is -0.458. The Morgan fingerprint density at radius 2 is 1.95 bits per heavy atom. The smallest absolute Gasteiger partial charge is 0.324 e. The van der Waals surface area contributed by atoms with E-state index in [0.717, 1.165) is 19.5 Å². The van der Waals surface area contributed by atoms with Crippen LogP contribution in [0.25, 0.3) is 10.9 Å². The molecule has 2 aromatic heterocycles. The van der Waals surface area contributed by atoms with E-state index in [1.165, 1.54) is 6.33 Å². The first-order chi connectivity index (χ1) is 18.7. The van der Waals surface area contributed by atoms with Crippen LogP contribution in [0.2, 0.25) is 0 Å². The van der Waals surface area contributed by atoms with E-state index < -0.39 is 6.03 Å². The number of ether oxygens (including phenoxy) is 3. The predicted octanol–water partition coefficient (Wildman–Crippen LogP) is 5.44. The Morgan fingerprint density at radius 1 is 1.10 bits per heavy atom. The zero-order valence-electron chi connectivity index (χ0n) is 22.6. The van der Waals surface area contributed by atoms with E-state index in [1.807, 2.05) is 32.9 Å². The Bertz CT molecular complexity index is 1480. The van der Waals surface area contributed by atoms with Crippen molar-refractivity contribution in [2.45, 2.75) is 38.7 Å². The van der Waals surface area contributed by atoms with Crippen LogP contribution in [0, 0.1) is 0 Å². The minimum absolute atomic E-state index is 0.0709. The number of anilines is 2. The maximum Gasteiger partial charge on any atom is 0.324 e. The third-order valence-corrected chi connectivity index (χ3v) is 6.32. The van der Waals surface area contributed by atoms with Crippen molar-refractivity contribution < 1.29 is 23.5 Å². The molecule has 2 aromatic carbocycles. The average molecular weight is 533 g/mol. The van der Waals surface area contributed by atoms with Gasteiger partial charge in [0.25, 0.3) is 0 Å². The molecule has 3 heterocycles. The summed E-state index contributed by atoms with van der Waals surface area (Å²) in [6, 6.07) is 11.9. The summed E-state index contributed by atoms with van der Waals surface area (Å²) >= 11 is 0. The first-order valence-corrected chi connectivity index (χ1v) is 12.7. The van der Waals surface area contributed by atoms with Crippen LogP contribution in [0.3, 0.4) is 0 Å². The number of rotatable bonds is 7. The number of urea groups is 1. The second kappa shape index (κ2) is 10.8. The number of hydrogen-bond acceptors (Lipinski definition) is 9. The number of likely N-dealkylation sites (tertiary alicyclic amines) is 1. The SMILES string of the molecule is COc1cc2ncnc(Oc3cccc(NC(=O)Nc4cc(C(C)(C)C)on4)c3)c2cc1O[C@H]1CCN(C)C1. The molecule has 5 rings (SSSR count). The van der Waals surface area contributed by atoms with Crippen molar-refractivity contribution in [2.24, 2.45) is 0 Å². The fourth-order valence-corrected chi connectivity index (χ4v) is 4.26. The van der Waals surface area contributed by atoms with E-state index in [-0.39, 0.29) is 11.5 Å². The fourth-order valence-electron chi connectivity index (χ4n) is 4.26. The van der Waals surface area contributed by atoms with Gasteiger partial charge in [-0.25, -0.2) is 14.8 Å². The lowest BCUT2D eigenvalue weighted by Gasteiger charge is -2.17. The molecule has 2 amide bonds. The van der Waals surface area contributed by atoms with Crippen LogP contribution in [0.1, 0.15) is 33.0 Å². The third kappa shape index (κ3) is 6.20. The van der Waals surface area contributed by atoms with Crippen LogP contribution in [0.4, 0.5) is 16.3 Å². The van der Waals surface area contributed by atoms with Crippen LogP contribution >= 0.6 is 0 Å². The molecular formula is C28H32N6O5. The number of hydrogen-bond donors (Lipinski definition) is 2. The normalized spacial score (nSPS) is 15.8. The van der Waals surface area contributed by atoms with Crippen molar-refractivity contribution in [3.63, 3.8) is 0 Å². The molecule has 0 spiro atoms. The van der Waals surface area contributed by atoms with E-state index in [4.69, 9.17) is 18.7 Å². The fraction of sp³-hybridized carbons (Fsp3) is 0.357. The van der Waals surface area contributed by atoms with Crippen LogP contribution < -0.4 is 24.8 Å². The second-order valence-electron chi connectivity index (χ2n) is 10.5. The molecule has 0 aliphatic carbocycles. The summed E-state index contributed by atoms with van der Waals surface area (Å²) in [5.41, 5.74) is 0.966. The van der Waals surface area contributed by atoms with Gasteiger partial charge in [-0.2, -0.15) is 0 Å². The zero-order chi connectivity index (χ0) is 27.6. The van der Waals surface area contributed by atoms with Crippen LogP contribution in [0.15, 0.2) is 53.3 Å². The maximum atomic E-state index is 12.6. The molecule has 0 bridgehead atoms. The molecular weight excluding hydrogens is 500 g/mol. The summed E-state index contributed by atoms with van der Waals surface area (Å²) in [7, 11) is 3.68. The van der Waals surface area contributed by atoms with Crippen molar-refractivity contribution in [3.05, 3.63) is 54.6 Å². The van der Waals surface area contributed by atoms with E-state index >= 15 is 0 Å². The van der Waals surface area contributed by atoms with E-state index in [9.17, 15) is 4.79 Å². The van der Waals surface area contributed by atoms with Gasteiger partial charge in [-0.05, 0) is 31.7 Å². The van der Waals surface area contributed by atoms with Crippen molar-refractivity contribution in [1.29, 1.82) is 0 Å². The van der Waals surface area contributed by atoms with Gasteiger partial charge in [-0.1, -0.05) is 32.0 Å². The van der Waals surface area contributed by atoms with Crippen molar-refractivity contribution >= 4 is 28.4 Å². The van der Waals surface area contributed by atoms with Gasteiger partial charge in [0.2, 0.25) is 5.88 Å². The third-order valence-electron chi connectivity index (χ3n) is 6.32. The summed E-state index contributed by atoms with van der Waals surface area (Å²) in [6.45, 7) is 7.84. The van der Waals surface area contributed by atoms with E-state index in [2.05, 4.69) is 37.7 Å². The first-order valence-electron chi connectivity index (χ1n) is 12.7. The summed E-state index contributed by atoms with van der Waals surface area (Å²) in [4.78, 5) is 23.5. The first kappa shape index (κ1) is 26.2. The summed E-state index contributed by atoms with van der Waals surface area (Å²) in [5, 5.41) is 10.1. The molecule has 2 N–H and O–H groups in total. The highest BCUT2D eigenvalue weighted by Crippen LogP contribution is 2.37. The Balaban J connectivity index is 1.32. The number of aromatic nitrogens is 3. The number of fused-ring (bicyclic) bond motifs is 1. The molecule has 1 atom stereocenters. The number of carbonyl (C=O) groups is 1. The quantitative estimate of drug-likeness (QED) is 0.320. The highest BCUT2D eigenvalue weighted by atomic mass is 16.5. The molecule has 0 saturated carbocycles. The molecule has 1 saturated heterocycles. The highest BCUT2D eigenvalue weighted by Gasteiger charge is 2.23. The molecule has 204 valence electrons. The summed E-state index contributed by atoms with van der Waals surface area (Å²) < 4.78 is 23.3. The van der Waals surface area contributed by atoms with E-state index in [1.54, 1.807) is 37.4 Å². The topological polar surface area (TPSA) is 124 Å². The zero-order valence-corrected chi connectivity index (χ0v) is 22.6. The number of carbonyl (C=O) groups excluding carboxylic acids is 1. The summed E-state index contributed by atoms with van der Waals surface area (Å²) in [5.74, 6) is 3.05. The van der Waals surface area contributed by atoms with Gasteiger partial charge < -0.3 is 29.0 Å². The average Bonchev–Trinajstić information content (AvgIpc) is 3.53. The number of likely N-dealkylation sites (N-methyl/N-ethyl adjacent to an activating group) is 1. The Labute approximate surface area is 226 Å². The van der Waals surface area contributed by atoms with Gasteiger partial charge in [-0.3, -0.25) is 5.32 Å². The maximum absolute atomic E-state index is 12.6. The van der Waals surface area contributed by atoms with Gasteiger partial charge in [0, 0.05) is 42.4 Å². The lowest BCUT2D eigenvalue weighted by Crippen LogP contribution is -2.21. The summed E-state index contributed by atoms with van der Waals surface area (Å²) in [6.07, 6.45) is 2.44. The Kier molecular flexibility index (Phi) is 7.25. The van der Waals surface area contributed by atoms with Crippen LogP contribution in [-0.2, 0) is 5.41 Å². The molecule has 1 fully saturated rings. The molecule has 0 radical (unpaired) electrons. The number of benzene rings is 2. The number of nitrogens with one attached hydrogen (secondary N) is 2. The van der Waals surface area contributed by atoms with Gasteiger partial charge >= 0.3 is 6.03 Å². The van der Waals surface area contributed by atoms with Gasteiger partial charge in [0.1, 0.15) is 23.9 Å². The Morgan fingerprint density at radius 3 is 2.67 bits per heavy atom. The largest absolute Gasteiger partial charge is 0.493 e. The van der Waals surface area contributed by atoms with Crippen LogP contribution in [0.5, 0.6) is 23.1 Å². The van der Waals surface area contributed by atoms with Gasteiger partial charge in [0.05, 0.1) is 18.0 Å². The van der Waals surface area contributed by atoms with Crippen molar-refractivity contribution in [1.82, 2.24) is 20.0 Å². The monoisotopic (exact) mass is 532 g/mol. The number of methoxy groups -OCH3 is 1. The molecule has 11 nitrogen and oxygen atoms in total. The molecule has 39 heavy (non-hydrogen) atoms. The van der Waals surface area contributed by atoms with Crippen molar-refractivity contribution in [2.75, 3.05) is 37.9 Å². The highest BCUT2D eigenvalue weighted by molar-refractivity contribution is 5.99. The minimum Gasteiger partial charge on any atom is -0.493 e. The second-order valence-corrected chi connectivity index (χ2v) is 10.5. The van der Waals surface area contributed by atoms with Gasteiger partial charge in [-0.15, -0.1) is 0 Å². The van der Waals surface area contributed by atoms with Crippen molar-refractivity contribution in [3.8, 4) is 23.1 Å². The van der Waals surface area contributed by atoms with E-state index in [0.29, 0.717) is 51.3 Å². The lowest BCUT2D eigenvalue weighted by molar-refractivity contribution is 0.200. The van der Waals surface area contributed by atoms with Crippen LogP contribution in [-0.4, -0.2) is 59.4 Å². The molecule has 11 heteroatoms. The Hall–Kier alpha value is -4.38. The molecule has 0 unspecified atom stereocenters. The molecule has 1 aliphatic heterocycles. The number of nitrogens with zero attached hydrogens (tertiary/aromatic N) is 4. The van der Waals surface area contributed by atoms with Gasteiger partial charge in [0.15, 0.2) is 17.3 Å². The molecule has 1 aliphatic rings. The molecule has 4 aromatic rings. The predicted molar refractivity (Wildman–Crippen MR) is 147 cm³/mol. The number of amides is 2.